The summed E-state index contributed by atoms with van der Waals surface area (Å²) in [6.07, 6.45) is 3.00. The Labute approximate surface area is 112 Å². The van der Waals surface area contributed by atoms with Crippen molar-refractivity contribution in [3.63, 3.8) is 0 Å². The van der Waals surface area contributed by atoms with Crippen molar-refractivity contribution in [1.29, 1.82) is 0 Å². The zero-order valence-corrected chi connectivity index (χ0v) is 11.3. The van der Waals surface area contributed by atoms with Crippen LogP contribution in [0.4, 0.5) is 0 Å². The number of amides is 1. The Morgan fingerprint density at radius 2 is 1.94 bits per heavy atom. The van der Waals surface area contributed by atoms with Crippen molar-refractivity contribution in [1.82, 2.24) is 9.88 Å². The van der Waals surface area contributed by atoms with E-state index in [0.717, 1.165) is 0 Å². The fourth-order valence-corrected chi connectivity index (χ4v) is 1.64. The summed E-state index contributed by atoms with van der Waals surface area (Å²) in [6, 6.07) is 1.61. The van der Waals surface area contributed by atoms with Gasteiger partial charge in [0.25, 0.3) is 5.91 Å². The van der Waals surface area contributed by atoms with Crippen molar-refractivity contribution in [3.05, 3.63) is 29.0 Å². The minimum atomic E-state index is -0.142. The lowest BCUT2D eigenvalue weighted by Gasteiger charge is -2.22. The highest BCUT2D eigenvalue weighted by Crippen LogP contribution is 2.15. The molecule has 0 spiro atoms. The predicted molar refractivity (Wildman–Crippen MR) is 68.9 cm³/mol. The van der Waals surface area contributed by atoms with Crippen molar-refractivity contribution in [2.24, 2.45) is 0 Å². The van der Waals surface area contributed by atoms with Gasteiger partial charge in [-0.1, -0.05) is 11.6 Å². The first-order chi connectivity index (χ1) is 8.70. The monoisotopic (exact) mass is 272 g/mol. The molecule has 100 valence electrons. The molecule has 0 radical (unpaired) electrons. The van der Waals surface area contributed by atoms with Crippen LogP contribution in [0, 0.1) is 0 Å². The minimum Gasteiger partial charge on any atom is -0.383 e. The van der Waals surface area contributed by atoms with E-state index in [1.807, 2.05) is 0 Å². The maximum absolute atomic E-state index is 12.3. The number of ether oxygens (including phenoxy) is 2. The molecule has 6 heteroatoms. The molecule has 1 heterocycles. The summed E-state index contributed by atoms with van der Waals surface area (Å²) in [4.78, 5) is 17.8. The van der Waals surface area contributed by atoms with Crippen molar-refractivity contribution in [2.75, 3.05) is 40.5 Å². The van der Waals surface area contributed by atoms with Crippen LogP contribution < -0.4 is 0 Å². The number of rotatable bonds is 7. The molecule has 0 aliphatic heterocycles. The minimum absolute atomic E-state index is 0.142. The third kappa shape index (κ3) is 4.25. The number of hydrogen-bond acceptors (Lipinski definition) is 4. The Morgan fingerprint density at radius 3 is 2.44 bits per heavy atom. The van der Waals surface area contributed by atoms with E-state index >= 15 is 0 Å². The highest BCUT2D eigenvalue weighted by atomic mass is 35.5. The largest absolute Gasteiger partial charge is 0.383 e. The number of pyridine rings is 1. The van der Waals surface area contributed by atoms with E-state index in [0.29, 0.717) is 36.9 Å². The van der Waals surface area contributed by atoms with Crippen LogP contribution in [-0.2, 0) is 9.47 Å². The van der Waals surface area contributed by atoms with Crippen LogP contribution in [0.15, 0.2) is 18.5 Å². The second-order valence-corrected chi connectivity index (χ2v) is 4.04. The lowest BCUT2D eigenvalue weighted by atomic mass is 10.2. The molecule has 0 unspecified atom stereocenters. The summed E-state index contributed by atoms with van der Waals surface area (Å²) < 4.78 is 9.98. The van der Waals surface area contributed by atoms with Gasteiger partial charge in [-0.3, -0.25) is 9.78 Å². The fraction of sp³-hybridized carbons (Fsp3) is 0.500. The van der Waals surface area contributed by atoms with Crippen LogP contribution in [0.3, 0.4) is 0 Å². The number of methoxy groups -OCH3 is 2. The summed E-state index contributed by atoms with van der Waals surface area (Å²) >= 11 is 5.96. The number of aromatic nitrogens is 1. The molecule has 1 aromatic heterocycles. The van der Waals surface area contributed by atoms with Crippen molar-refractivity contribution < 1.29 is 14.3 Å². The van der Waals surface area contributed by atoms with Gasteiger partial charge in [-0.25, -0.2) is 0 Å². The molecular weight excluding hydrogens is 256 g/mol. The van der Waals surface area contributed by atoms with Gasteiger partial charge >= 0.3 is 0 Å². The van der Waals surface area contributed by atoms with Crippen LogP contribution in [0.25, 0.3) is 0 Å². The third-order valence-electron chi connectivity index (χ3n) is 2.42. The van der Waals surface area contributed by atoms with Gasteiger partial charge < -0.3 is 14.4 Å². The maximum atomic E-state index is 12.3. The molecule has 0 aliphatic carbocycles. The summed E-state index contributed by atoms with van der Waals surface area (Å²) in [6.45, 7) is 1.94. The van der Waals surface area contributed by atoms with E-state index in [9.17, 15) is 4.79 Å². The molecular formula is C12H17ClN2O3. The van der Waals surface area contributed by atoms with E-state index in [4.69, 9.17) is 21.1 Å². The van der Waals surface area contributed by atoms with Gasteiger partial charge in [-0.15, -0.1) is 0 Å². The standard InChI is InChI=1S/C12H17ClN2O3/c1-17-7-5-15(6-8-18-2)12(16)10-3-4-14-9-11(10)13/h3-4,9H,5-8H2,1-2H3. The van der Waals surface area contributed by atoms with Gasteiger partial charge in [0.1, 0.15) is 0 Å². The average molecular weight is 273 g/mol. The summed E-state index contributed by atoms with van der Waals surface area (Å²) in [7, 11) is 3.19. The van der Waals surface area contributed by atoms with Crippen molar-refractivity contribution >= 4 is 17.5 Å². The molecule has 18 heavy (non-hydrogen) atoms. The van der Waals surface area contributed by atoms with Crippen molar-refractivity contribution in [2.45, 2.75) is 0 Å². The van der Waals surface area contributed by atoms with E-state index in [1.165, 1.54) is 6.20 Å². The molecule has 5 nitrogen and oxygen atoms in total. The molecule has 0 fully saturated rings. The number of hydrogen-bond donors (Lipinski definition) is 0. The number of halogens is 1. The Hall–Kier alpha value is -1.17. The molecule has 0 N–H and O–H groups in total. The third-order valence-corrected chi connectivity index (χ3v) is 2.72. The molecule has 1 amide bonds. The summed E-state index contributed by atoms with van der Waals surface area (Å²) in [5.41, 5.74) is 0.443. The van der Waals surface area contributed by atoms with E-state index in [-0.39, 0.29) is 5.91 Å². The van der Waals surface area contributed by atoms with Crippen LogP contribution in [0.1, 0.15) is 10.4 Å². The maximum Gasteiger partial charge on any atom is 0.255 e. The van der Waals surface area contributed by atoms with Crippen LogP contribution in [0.2, 0.25) is 5.02 Å². The Morgan fingerprint density at radius 1 is 1.33 bits per heavy atom. The number of nitrogens with zero attached hydrogens (tertiary/aromatic N) is 2. The lowest BCUT2D eigenvalue weighted by molar-refractivity contribution is 0.0627. The second-order valence-electron chi connectivity index (χ2n) is 3.63. The summed E-state index contributed by atoms with van der Waals surface area (Å²) in [5.74, 6) is -0.142. The quantitative estimate of drug-likeness (QED) is 0.754. The smallest absolute Gasteiger partial charge is 0.255 e. The Kier molecular flexibility index (Phi) is 6.64. The second kappa shape index (κ2) is 8.02. The van der Waals surface area contributed by atoms with Gasteiger partial charge in [-0.2, -0.15) is 0 Å². The van der Waals surface area contributed by atoms with Crippen molar-refractivity contribution in [3.8, 4) is 0 Å². The first-order valence-electron chi connectivity index (χ1n) is 5.57. The van der Waals surface area contributed by atoms with Gasteiger partial charge in [0.15, 0.2) is 0 Å². The molecule has 0 atom stereocenters. The molecule has 0 bridgehead atoms. The average Bonchev–Trinajstić information content (AvgIpc) is 2.39. The van der Waals surface area contributed by atoms with Gasteiger partial charge in [-0.05, 0) is 6.07 Å². The van der Waals surface area contributed by atoms with E-state index in [1.54, 1.807) is 31.4 Å². The Balaban J connectivity index is 2.77. The normalized spacial score (nSPS) is 10.4. The van der Waals surface area contributed by atoms with Crippen LogP contribution >= 0.6 is 11.6 Å². The summed E-state index contributed by atoms with van der Waals surface area (Å²) in [5, 5.41) is 0.349. The molecule has 1 rings (SSSR count). The molecule has 1 aromatic rings. The van der Waals surface area contributed by atoms with E-state index in [2.05, 4.69) is 4.98 Å². The first-order valence-corrected chi connectivity index (χ1v) is 5.95. The van der Waals surface area contributed by atoms with E-state index < -0.39 is 0 Å². The highest BCUT2D eigenvalue weighted by molar-refractivity contribution is 6.33. The van der Waals surface area contributed by atoms with Gasteiger partial charge in [0.05, 0.1) is 23.8 Å². The van der Waals surface area contributed by atoms with Crippen LogP contribution in [-0.4, -0.2) is 56.3 Å². The lowest BCUT2D eigenvalue weighted by Crippen LogP contribution is -2.36. The number of carbonyl (C=O) groups is 1. The topological polar surface area (TPSA) is 51.7 Å². The highest BCUT2D eigenvalue weighted by Gasteiger charge is 2.17. The number of carbonyl (C=O) groups excluding carboxylic acids is 1. The zero-order chi connectivity index (χ0) is 13.4. The van der Waals surface area contributed by atoms with Crippen LogP contribution in [0.5, 0.6) is 0 Å². The predicted octanol–water partition coefficient (Wildman–Crippen LogP) is 1.47. The zero-order valence-electron chi connectivity index (χ0n) is 10.6. The fourth-order valence-electron chi connectivity index (χ4n) is 1.44. The first kappa shape index (κ1) is 14.9. The molecule has 0 aliphatic rings. The molecule has 0 saturated heterocycles. The molecule has 0 saturated carbocycles. The molecule has 0 aromatic carbocycles. The SMILES string of the molecule is COCCN(CCOC)C(=O)c1ccncc1Cl. The van der Waals surface area contributed by atoms with Gasteiger partial charge in [0.2, 0.25) is 0 Å². The van der Waals surface area contributed by atoms with Gasteiger partial charge in [0, 0.05) is 39.7 Å². The Bertz CT molecular complexity index is 379.